The fraction of sp³-hybridized carbons (Fsp3) is 0. The summed E-state index contributed by atoms with van der Waals surface area (Å²) in [6.07, 6.45) is 0. The van der Waals surface area contributed by atoms with Gasteiger partial charge < -0.3 is 11.5 Å². The highest BCUT2D eigenvalue weighted by molar-refractivity contribution is 6.28. The normalized spacial score (nSPS) is 9.44. The first-order valence-corrected chi connectivity index (χ1v) is 2.49. The van der Waals surface area contributed by atoms with Crippen molar-refractivity contribution >= 4 is 23.5 Å². The summed E-state index contributed by atoms with van der Waals surface area (Å²) >= 11 is 5.33. The van der Waals surface area contributed by atoms with Crippen molar-refractivity contribution in [2.24, 2.45) is 0 Å². The molecule has 9 heavy (non-hydrogen) atoms. The van der Waals surface area contributed by atoms with Gasteiger partial charge in [0.1, 0.15) is 0 Å². The van der Waals surface area contributed by atoms with Crippen molar-refractivity contribution in [2.75, 3.05) is 11.5 Å². The van der Waals surface area contributed by atoms with Crippen LogP contribution in [0.1, 0.15) is 0 Å². The van der Waals surface area contributed by atoms with E-state index in [9.17, 15) is 0 Å². The molecule has 0 aliphatic carbocycles. The van der Waals surface area contributed by atoms with Crippen molar-refractivity contribution in [3.05, 3.63) is 5.28 Å². The van der Waals surface area contributed by atoms with E-state index in [-0.39, 0.29) is 17.2 Å². The molecule has 0 aromatic carbocycles. The van der Waals surface area contributed by atoms with Gasteiger partial charge in [-0.2, -0.15) is 15.0 Å². The van der Waals surface area contributed by atoms with E-state index in [0.29, 0.717) is 0 Å². The molecule has 0 aliphatic rings. The standard InChI is InChI=1S/C3H4ClN5/c4-1-7-2(5)9-3(6)8-1/h(H4,5,6,7,8,9)/i1+1,2+1,3+1. The Morgan fingerprint density at radius 2 is 1.44 bits per heavy atom. The predicted molar refractivity (Wildman–Crippen MR) is 33.7 cm³/mol. The monoisotopic (exact) mass is 148 g/mol. The average Bonchev–Trinajstić information content (AvgIpc) is 1.59. The highest BCUT2D eigenvalue weighted by Gasteiger charge is 1.95. The fourth-order valence-corrected chi connectivity index (χ4v) is 0.555. The molecule has 0 saturated carbocycles. The number of halogens is 1. The van der Waals surface area contributed by atoms with Crippen LogP contribution in [0.2, 0.25) is 5.28 Å². The maximum absolute atomic E-state index is 5.33. The lowest BCUT2D eigenvalue weighted by Crippen LogP contribution is -2.01. The largest absolute Gasteiger partial charge is 0.368 e. The van der Waals surface area contributed by atoms with E-state index >= 15 is 0 Å². The molecule has 0 aliphatic heterocycles. The summed E-state index contributed by atoms with van der Waals surface area (Å²) < 4.78 is 0. The second-order valence-electron chi connectivity index (χ2n) is 1.32. The van der Waals surface area contributed by atoms with Gasteiger partial charge >= 0.3 is 0 Å². The summed E-state index contributed by atoms with van der Waals surface area (Å²) in [4.78, 5) is 10.4. The van der Waals surface area contributed by atoms with Gasteiger partial charge in [0.2, 0.25) is 17.2 Å². The van der Waals surface area contributed by atoms with Crippen LogP contribution >= 0.6 is 11.6 Å². The smallest absolute Gasteiger partial charge is 0.228 e. The van der Waals surface area contributed by atoms with E-state index in [1.165, 1.54) is 0 Å². The Bertz CT molecular complexity index is 173. The van der Waals surface area contributed by atoms with Crippen molar-refractivity contribution in [3.63, 3.8) is 0 Å². The molecule has 6 heteroatoms. The van der Waals surface area contributed by atoms with Gasteiger partial charge in [0, 0.05) is 0 Å². The molecular weight excluding hydrogens is 144 g/mol. The minimum Gasteiger partial charge on any atom is -0.368 e. The second kappa shape index (κ2) is 2.02. The third kappa shape index (κ3) is 1.39. The third-order valence-electron chi connectivity index (χ3n) is 0.643. The van der Waals surface area contributed by atoms with Crippen molar-refractivity contribution in [2.45, 2.75) is 0 Å². The lowest BCUT2D eigenvalue weighted by atomic mass is 11.6. The van der Waals surface area contributed by atoms with Crippen LogP contribution in [0.3, 0.4) is 0 Å². The zero-order valence-corrected chi connectivity index (χ0v) is 5.13. The molecule has 5 nitrogen and oxygen atoms in total. The van der Waals surface area contributed by atoms with Crippen LogP contribution in [-0.2, 0) is 0 Å². The van der Waals surface area contributed by atoms with E-state index in [1.54, 1.807) is 0 Å². The maximum Gasteiger partial charge on any atom is 0.228 e. The van der Waals surface area contributed by atoms with Gasteiger partial charge in [0.05, 0.1) is 0 Å². The average molecular weight is 149 g/mol. The fourth-order valence-electron chi connectivity index (χ4n) is 0.381. The summed E-state index contributed by atoms with van der Waals surface area (Å²) in [6, 6.07) is 0. The third-order valence-corrected chi connectivity index (χ3v) is 0.812. The molecule has 0 atom stereocenters. The van der Waals surface area contributed by atoms with E-state index in [2.05, 4.69) is 15.0 Å². The van der Waals surface area contributed by atoms with Crippen LogP contribution in [0.4, 0.5) is 11.9 Å². The van der Waals surface area contributed by atoms with Crippen LogP contribution in [0.25, 0.3) is 0 Å². The molecule has 4 N–H and O–H groups in total. The number of nitrogens with two attached hydrogens (primary N) is 2. The predicted octanol–water partition coefficient (Wildman–Crippen LogP) is -0.311. The van der Waals surface area contributed by atoms with Crippen LogP contribution in [0, 0.1) is 0 Å². The van der Waals surface area contributed by atoms with Crippen molar-refractivity contribution in [1.29, 1.82) is 0 Å². The van der Waals surface area contributed by atoms with Crippen LogP contribution in [0.5, 0.6) is 0 Å². The van der Waals surface area contributed by atoms with E-state index < -0.39 is 0 Å². The second-order valence-corrected chi connectivity index (χ2v) is 1.66. The first-order valence-electron chi connectivity index (χ1n) is 2.11. The van der Waals surface area contributed by atoms with Crippen LogP contribution < -0.4 is 11.5 Å². The number of anilines is 2. The van der Waals surface area contributed by atoms with Gasteiger partial charge in [0.15, 0.2) is 0 Å². The molecule has 48 valence electrons. The van der Waals surface area contributed by atoms with Crippen molar-refractivity contribution in [1.82, 2.24) is 15.0 Å². The van der Waals surface area contributed by atoms with Crippen molar-refractivity contribution in [3.8, 4) is 0 Å². The Morgan fingerprint density at radius 3 is 1.78 bits per heavy atom. The Morgan fingerprint density at radius 1 is 1.00 bits per heavy atom. The molecule has 0 spiro atoms. The number of nitrogen functional groups attached to an aromatic ring is 2. The molecule has 1 aromatic heterocycles. The van der Waals surface area contributed by atoms with E-state index in [4.69, 9.17) is 23.1 Å². The SMILES string of the molecule is N[13c]1n[13c](N)n[13c](Cl)n1. The number of hydrogen-bond acceptors (Lipinski definition) is 5. The molecule has 1 rings (SSSR count). The quantitative estimate of drug-likeness (QED) is 0.527. The lowest BCUT2D eigenvalue weighted by molar-refractivity contribution is 1.08. The first-order chi connectivity index (χ1) is 4.18. The number of nitrogens with zero attached hydrogens (tertiary/aromatic N) is 3. The van der Waals surface area contributed by atoms with Gasteiger partial charge in [-0.1, -0.05) is 0 Å². The molecule has 0 fully saturated rings. The Hall–Kier alpha value is -1.10. The van der Waals surface area contributed by atoms with E-state index in [1.807, 2.05) is 0 Å². The molecule has 0 bridgehead atoms. The first kappa shape index (κ1) is 6.03. The summed E-state index contributed by atoms with van der Waals surface area (Å²) in [5.74, 6) is 0.0694. The molecule has 0 amide bonds. The van der Waals surface area contributed by atoms with Crippen LogP contribution in [0.15, 0.2) is 0 Å². The Kier molecular flexibility index (Phi) is 1.35. The molecule has 0 radical (unpaired) electrons. The molecule has 0 saturated heterocycles. The Balaban J connectivity index is 3.17. The number of hydrogen-bond donors (Lipinski definition) is 2. The Labute approximate surface area is 56.1 Å². The highest BCUT2D eigenvalue weighted by atomic mass is 35.5. The van der Waals surface area contributed by atoms with Gasteiger partial charge in [-0.05, 0) is 11.6 Å². The zero-order valence-electron chi connectivity index (χ0n) is 4.37. The minimum atomic E-state index is 0.0139. The molecular formula is C3H4ClN5. The maximum atomic E-state index is 5.33. The summed E-state index contributed by atoms with van der Waals surface area (Å²) in [5, 5.41) is 0.0139. The molecule has 0 unspecified atom stereocenters. The summed E-state index contributed by atoms with van der Waals surface area (Å²) in [7, 11) is 0. The topological polar surface area (TPSA) is 90.7 Å². The zero-order chi connectivity index (χ0) is 6.85. The van der Waals surface area contributed by atoms with Gasteiger partial charge in [0.25, 0.3) is 0 Å². The van der Waals surface area contributed by atoms with E-state index in [0.717, 1.165) is 0 Å². The lowest BCUT2D eigenvalue weighted by Gasteiger charge is -1.92. The molecule has 1 aromatic rings. The molecule has 1 heterocycles. The summed E-state index contributed by atoms with van der Waals surface area (Å²) in [5.41, 5.74) is 10.3. The van der Waals surface area contributed by atoms with Crippen LogP contribution in [-0.4, -0.2) is 15.0 Å². The van der Waals surface area contributed by atoms with Gasteiger partial charge in [-0.15, -0.1) is 0 Å². The summed E-state index contributed by atoms with van der Waals surface area (Å²) in [6.45, 7) is 0. The van der Waals surface area contributed by atoms with Gasteiger partial charge in [-0.25, -0.2) is 0 Å². The van der Waals surface area contributed by atoms with Crippen molar-refractivity contribution < 1.29 is 0 Å². The minimum absolute atomic E-state index is 0.0139. The highest BCUT2D eigenvalue weighted by Crippen LogP contribution is 2.02. The number of rotatable bonds is 0. The number of aromatic nitrogens is 3. The van der Waals surface area contributed by atoms with Gasteiger partial charge in [-0.3, -0.25) is 0 Å².